The second-order valence-electron chi connectivity index (χ2n) is 2.20. The summed E-state index contributed by atoms with van der Waals surface area (Å²) in [7, 11) is 0. The highest BCUT2D eigenvalue weighted by molar-refractivity contribution is 4.68. The molecule has 0 rings (SSSR count). The molecular weight excluding hydrogens is 118 g/mol. The summed E-state index contributed by atoms with van der Waals surface area (Å²) in [4.78, 5) is 2.59. The molecule has 0 fully saturated rings. The fraction of sp³-hybridized carbons (Fsp3) is 1.00. The number of aliphatic hydroxyl groups is 1. The van der Waals surface area contributed by atoms with Crippen LogP contribution in [0, 0.1) is 5.92 Å². The zero-order valence-corrected chi connectivity index (χ0v) is 5.65. The van der Waals surface area contributed by atoms with Gasteiger partial charge in [0.25, 0.3) is 0 Å². The summed E-state index contributed by atoms with van der Waals surface area (Å²) in [6.07, 6.45) is 0. The van der Waals surface area contributed by atoms with Crippen molar-refractivity contribution in [3.05, 3.63) is 10.4 Å². The van der Waals surface area contributed by atoms with E-state index >= 15 is 0 Å². The van der Waals surface area contributed by atoms with Crippen LogP contribution in [0.3, 0.4) is 0 Å². The Bertz CT molecular complexity index is 117. The quantitative estimate of drug-likeness (QED) is 0.348. The van der Waals surface area contributed by atoms with Crippen molar-refractivity contribution in [3.63, 3.8) is 0 Å². The lowest BCUT2D eigenvalue weighted by Gasteiger charge is -2.09. The summed E-state index contributed by atoms with van der Waals surface area (Å²) in [5, 5.41) is 11.9. The third-order valence-corrected chi connectivity index (χ3v) is 1.16. The molecule has 1 N–H and O–H groups in total. The molecule has 0 saturated heterocycles. The molecule has 9 heavy (non-hydrogen) atoms. The molecule has 4 heteroatoms. The van der Waals surface area contributed by atoms with Gasteiger partial charge in [-0.3, -0.25) is 0 Å². The second-order valence-corrected chi connectivity index (χ2v) is 2.20. The monoisotopic (exact) mass is 129 g/mol. The van der Waals surface area contributed by atoms with Gasteiger partial charge in [-0.05, 0) is 11.4 Å². The first-order valence-electron chi connectivity index (χ1n) is 2.87. The van der Waals surface area contributed by atoms with Crippen molar-refractivity contribution in [2.45, 2.75) is 19.9 Å². The zero-order chi connectivity index (χ0) is 7.28. The van der Waals surface area contributed by atoms with Crippen LogP contribution in [0.25, 0.3) is 10.4 Å². The topological polar surface area (TPSA) is 69.0 Å². The Hall–Kier alpha value is -0.730. The minimum atomic E-state index is -0.269. The van der Waals surface area contributed by atoms with E-state index in [0.29, 0.717) is 0 Å². The van der Waals surface area contributed by atoms with Crippen LogP contribution in [0.4, 0.5) is 0 Å². The summed E-state index contributed by atoms with van der Waals surface area (Å²) >= 11 is 0. The molecule has 0 radical (unpaired) electrons. The van der Waals surface area contributed by atoms with Crippen molar-refractivity contribution >= 4 is 0 Å². The van der Waals surface area contributed by atoms with Crippen LogP contribution in [0.5, 0.6) is 0 Å². The van der Waals surface area contributed by atoms with Gasteiger partial charge in [-0.1, -0.05) is 19.0 Å². The Labute approximate surface area is 54.1 Å². The van der Waals surface area contributed by atoms with Crippen LogP contribution >= 0.6 is 0 Å². The number of hydrogen-bond acceptors (Lipinski definition) is 2. The maximum atomic E-state index is 8.56. The van der Waals surface area contributed by atoms with E-state index in [-0.39, 0.29) is 18.6 Å². The number of nitrogens with zero attached hydrogens (tertiary/aromatic N) is 3. The van der Waals surface area contributed by atoms with Crippen LogP contribution in [0.2, 0.25) is 0 Å². The smallest absolute Gasteiger partial charge is 0.0628 e. The lowest BCUT2D eigenvalue weighted by atomic mass is 10.1. The summed E-state index contributed by atoms with van der Waals surface area (Å²) in [5.74, 6) is 0.214. The van der Waals surface area contributed by atoms with Gasteiger partial charge in [-0.25, -0.2) is 0 Å². The normalized spacial score (nSPS) is 12.9. The lowest BCUT2D eigenvalue weighted by Crippen LogP contribution is -2.16. The van der Waals surface area contributed by atoms with Gasteiger partial charge >= 0.3 is 0 Å². The van der Waals surface area contributed by atoms with Crippen LogP contribution in [0.1, 0.15) is 13.8 Å². The Balaban J connectivity index is 3.82. The molecule has 0 aromatic rings. The average molecular weight is 129 g/mol. The molecule has 0 spiro atoms. The van der Waals surface area contributed by atoms with E-state index in [1.165, 1.54) is 0 Å². The number of hydrogen-bond donors (Lipinski definition) is 1. The van der Waals surface area contributed by atoms with Crippen molar-refractivity contribution in [2.75, 3.05) is 6.61 Å². The highest BCUT2D eigenvalue weighted by Crippen LogP contribution is 2.04. The minimum Gasteiger partial charge on any atom is -0.396 e. The Morgan fingerprint density at radius 3 is 2.33 bits per heavy atom. The molecule has 0 aliphatic carbocycles. The molecular formula is C5H11N3O. The predicted octanol–water partition coefficient (Wildman–Crippen LogP) is 1.31. The van der Waals surface area contributed by atoms with Crippen LogP contribution in [0.15, 0.2) is 5.11 Å². The fourth-order valence-corrected chi connectivity index (χ4v) is 0.447. The van der Waals surface area contributed by atoms with E-state index in [9.17, 15) is 0 Å². The van der Waals surface area contributed by atoms with Gasteiger partial charge in [0.05, 0.1) is 12.6 Å². The van der Waals surface area contributed by atoms with E-state index in [1.807, 2.05) is 13.8 Å². The molecule has 0 aliphatic rings. The predicted molar refractivity (Wildman–Crippen MR) is 34.9 cm³/mol. The number of rotatable bonds is 3. The Kier molecular flexibility index (Phi) is 3.84. The molecule has 1 unspecified atom stereocenters. The van der Waals surface area contributed by atoms with Gasteiger partial charge in [0.2, 0.25) is 0 Å². The summed E-state index contributed by atoms with van der Waals surface area (Å²) < 4.78 is 0. The van der Waals surface area contributed by atoms with Crippen molar-refractivity contribution < 1.29 is 5.11 Å². The molecule has 0 aliphatic heterocycles. The SMILES string of the molecule is CC(C)C(CO)N=[N+]=[N-]. The van der Waals surface area contributed by atoms with Crippen molar-refractivity contribution in [1.29, 1.82) is 0 Å². The fourth-order valence-electron chi connectivity index (χ4n) is 0.447. The highest BCUT2D eigenvalue weighted by atomic mass is 16.3. The third kappa shape index (κ3) is 2.95. The maximum absolute atomic E-state index is 8.56. The largest absolute Gasteiger partial charge is 0.396 e. The van der Waals surface area contributed by atoms with Crippen molar-refractivity contribution in [1.82, 2.24) is 0 Å². The van der Waals surface area contributed by atoms with Crippen molar-refractivity contribution in [3.8, 4) is 0 Å². The highest BCUT2D eigenvalue weighted by Gasteiger charge is 2.07. The standard InChI is InChI=1S/C5H11N3O/c1-4(2)5(3-9)7-8-6/h4-5,9H,3H2,1-2H3. The van der Waals surface area contributed by atoms with E-state index < -0.39 is 0 Å². The van der Waals surface area contributed by atoms with E-state index in [0.717, 1.165) is 0 Å². The van der Waals surface area contributed by atoms with Crippen molar-refractivity contribution in [2.24, 2.45) is 11.0 Å². The molecule has 0 amide bonds. The minimum absolute atomic E-state index is 0.0677. The molecule has 0 aromatic carbocycles. The van der Waals surface area contributed by atoms with E-state index in [2.05, 4.69) is 10.0 Å². The first-order chi connectivity index (χ1) is 4.22. The van der Waals surface area contributed by atoms with Crippen LogP contribution < -0.4 is 0 Å². The average Bonchev–Trinajstić information content (AvgIpc) is 1.82. The van der Waals surface area contributed by atoms with Crippen LogP contribution in [-0.2, 0) is 0 Å². The first kappa shape index (κ1) is 8.27. The second kappa shape index (κ2) is 4.18. The maximum Gasteiger partial charge on any atom is 0.0628 e. The number of azide groups is 1. The molecule has 1 atom stereocenters. The van der Waals surface area contributed by atoms with Gasteiger partial charge in [0, 0.05) is 4.91 Å². The first-order valence-corrected chi connectivity index (χ1v) is 2.87. The zero-order valence-electron chi connectivity index (χ0n) is 5.65. The van der Waals surface area contributed by atoms with Crippen LogP contribution in [-0.4, -0.2) is 17.8 Å². The molecule has 52 valence electrons. The molecule has 0 saturated carbocycles. The van der Waals surface area contributed by atoms with Gasteiger partial charge in [-0.2, -0.15) is 0 Å². The Morgan fingerprint density at radius 2 is 2.22 bits per heavy atom. The summed E-state index contributed by atoms with van der Waals surface area (Å²) in [5.41, 5.74) is 7.96. The summed E-state index contributed by atoms with van der Waals surface area (Å²) in [6, 6.07) is -0.269. The molecule has 0 bridgehead atoms. The van der Waals surface area contributed by atoms with Gasteiger partial charge in [-0.15, -0.1) is 0 Å². The lowest BCUT2D eigenvalue weighted by molar-refractivity contribution is 0.238. The van der Waals surface area contributed by atoms with E-state index in [1.54, 1.807) is 0 Å². The molecule has 0 aromatic heterocycles. The molecule has 4 nitrogen and oxygen atoms in total. The number of aliphatic hydroxyl groups excluding tert-OH is 1. The summed E-state index contributed by atoms with van der Waals surface area (Å²) in [6.45, 7) is 3.73. The van der Waals surface area contributed by atoms with Gasteiger partial charge in [0.15, 0.2) is 0 Å². The Morgan fingerprint density at radius 1 is 1.67 bits per heavy atom. The van der Waals surface area contributed by atoms with Gasteiger partial charge in [0.1, 0.15) is 0 Å². The van der Waals surface area contributed by atoms with E-state index in [4.69, 9.17) is 10.6 Å². The molecule has 0 heterocycles. The third-order valence-electron chi connectivity index (χ3n) is 1.16. The van der Waals surface area contributed by atoms with Gasteiger partial charge < -0.3 is 5.11 Å².